The fourth-order valence-corrected chi connectivity index (χ4v) is 2.13. The number of benzene rings is 1. The largest absolute Gasteiger partial charge is 1.00 e. The summed E-state index contributed by atoms with van der Waals surface area (Å²) in [5.74, 6) is 0.905. The van der Waals surface area contributed by atoms with Crippen LogP contribution in [0.4, 0.5) is 0 Å². The Balaban J connectivity index is -0.000000322. The number of hydrogen-bond donors (Lipinski definition) is 1. The summed E-state index contributed by atoms with van der Waals surface area (Å²) in [5, 5.41) is 9.18. The second-order valence-electron chi connectivity index (χ2n) is 7.60. The van der Waals surface area contributed by atoms with E-state index in [0.717, 1.165) is 5.56 Å². The third-order valence-electron chi connectivity index (χ3n) is 3.95. The zero-order valence-electron chi connectivity index (χ0n) is 17.6. The number of halogens is 2. The number of phenols is 1. The van der Waals surface area contributed by atoms with Crippen LogP contribution in [0.25, 0.3) is 0 Å². The van der Waals surface area contributed by atoms with Gasteiger partial charge in [0, 0.05) is 0 Å². The molecule has 0 spiro atoms. The topological polar surface area (TPSA) is 20.2 Å². The van der Waals surface area contributed by atoms with Gasteiger partial charge in [0.05, 0.1) is 0 Å². The maximum absolute atomic E-state index is 9.18. The van der Waals surface area contributed by atoms with Gasteiger partial charge in [0.2, 0.25) is 0 Å². The summed E-state index contributed by atoms with van der Waals surface area (Å²) in [6, 6.07) is 7.39. The van der Waals surface area contributed by atoms with Crippen molar-refractivity contribution < 1.29 is 49.9 Å². The quantitative estimate of drug-likeness (QED) is 0.458. The minimum absolute atomic E-state index is 0. The van der Waals surface area contributed by atoms with Crippen LogP contribution >= 0.6 is 0 Å². The number of phenolic OH excluding ortho intramolecular Hbond substituents is 1. The van der Waals surface area contributed by atoms with Gasteiger partial charge in [-0.25, -0.2) is 5.57 Å². The molecule has 1 nitrogen and oxygen atoms in total. The van der Waals surface area contributed by atoms with Crippen molar-refractivity contribution in [3.63, 3.8) is 0 Å². The fourth-order valence-electron chi connectivity index (χ4n) is 2.13. The zero-order valence-corrected chi connectivity index (χ0v) is 20.7. The SMILES string of the molecule is CC(C)(C)c1cccc(O)c1.CC1=[C-]C(C)C(C)=C1C.C[C](C)=[Ti+].[Cl-].[Cl-]. The predicted octanol–water partition coefficient (Wildman–Crippen LogP) is 0.165. The third-order valence-corrected chi connectivity index (χ3v) is 3.95. The fraction of sp³-hybridized carbons (Fsp3) is 0.500. The van der Waals surface area contributed by atoms with Crippen molar-refractivity contribution in [1.29, 1.82) is 0 Å². The summed E-state index contributed by atoms with van der Waals surface area (Å²) in [5.41, 5.74) is 5.53. The molecule has 0 heterocycles. The Kier molecular flexibility index (Phi) is 16.1. The second-order valence-corrected chi connectivity index (χ2v) is 9.16. The van der Waals surface area contributed by atoms with Gasteiger partial charge in [-0.05, 0) is 23.1 Å². The van der Waals surface area contributed by atoms with Gasteiger partial charge in [-0.15, -0.1) is 6.92 Å². The molecule has 1 aliphatic carbocycles. The molecule has 0 fully saturated rings. The molecule has 1 aliphatic rings. The molecule has 0 radical (unpaired) electrons. The van der Waals surface area contributed by atoms with Crippen LogP contribution in [0.1, 0.15) is 67.9 Å². The summed E-state index contributed by atoms with van der Waals surface area (Å²) < 4.78 is 1.42. The maximum Gasteiger partial charge on any atom is -1.00 e. The van der Waals surface area contributed by atoms with E-state index in [1.54, 1.807) is 12.1 Å². The molecule has 147 valence electrons. The van der Waals surface area contributed by atoms with Crippen molar-refractivity contribution in [2.45, 2.75) is 67.7 Å². The summed E-state index contributed by atoms with van der Waals surface area (Å²) in [7, 11) is 0. The molecule has 0 aliphatic heterocycles. The molecule has 26 heavy (non-hydrogen) atoms. The third kappa shape index (κ3) is 12.1. The number of rotatable bonds is 0. The average molecular weight is 432 g/mol. The number of hydrogen-bond acceptors (Lipinski definition) is 1. The van der Waals surface area contributed by atoms with Gasteiger partial charge in [-0.1, -0.05) is 59.6 Å². The molecule has 0 saturated carbocycles. The molecule has 0 amide bonds. The van der Waals surface area contributed by atoms with Crippen LogP contribution in [0.3, 0.4) is 0 Å². The van der Waals surface area contributed by atoms with E-state index in [1.807, 2.05) is 12.1 Å². The van der Waals surface area contributed by atoms with Gasteiger partial charge < -0.3 is 29.9 Å². The van der Waals surface area contributed by atoms with E-state index in [1.165, 1.54) is 20.5 Å². The summed E-state index contributed by atoms with van der Waals surface area (Å²) in [4.78, 5) is 0. The number of allylic oxidation sites excluding steroid dienone is 4. The van der Waals surface area contributed by atoms with Gasteiger partial charge in [0.15, 0.2) is 0 Å². The molecule has 0 saturated heterocycles. The molecule has 1 aromatic rings. The van der Waals surface area contributed by atoms with Gasteiger partial charge >= 0.3 is 37.6 Å². The van der Waals surface area contributed by atoms with E-state index in [9.17, 15) is 5.11 Å². The predicted molar refractivity (Wildman–Crippen MR) is 103 cm³/mol. The first kappa shape index (κ1) is 30.4. The monoisotopic (exact) mass is 431 g/mol. The Morgan fingerprint density at radius 3 is 1.73 bits per heavy atom. The van der Waals surface area contributed by atoms with Crippen LogP contribution in [-0.2, 0) is 25.4 Å². The summed E-state index contributed by atoms with van der Waals surface area (Å²) in [6.45, 7) is 19.2. The first-order valence-corrected chi connectivity index (χ1v) is 9.23. The Morgan fingerprint density at radius 2 is 1.54 bits per heavy atom. The van der Waals surface area contributed by atoms with E-state index in [-0.39, 0.29) is 30.2 Å². The van der Waals surface area contributed by atoms with Crippen molar-refractivity contribution in [1.82, 2.24) is 0 Å². The molecular weight excluding hydrogens is 399 g/mol. The van der Waals surface area contributed by atoms with Crippen LogP contribution in [0, 0.1) is 12.0 Å². The van der Waals surface area contributed by atoms with Crippen molar-refractivity contribution in [2.24, 2.45) is 5.92 Å². The molecule has 4 heteroatoms. The Labute approximate surface area is 185 Å². The van der Waals surface area contributed by atoms with Crippen molar-refractivity contribution in [3.8, 4) is 5.75 Å². The van der Waals surface area contributed by atoms with Crippen LogP contribution in [-0.4, -0.2) is 8.92 Å². The minimum atomic E-state index is 0. The van der Waals surface area contributed by atoms with Crippen molar-refractivity contribution >= 4 is 3.81 Å². The van der Waals surface area contributed by atoms with E-state index < -0.39 is 0 Å². The molecule has 1 aromatic carbocycles. The molecule has 1 N–H and O–H groups in total. The maximum atomic E-state index is 9.18. The first-order chi connectivity index (χ1) is 10.9. The van der Waals surface area contributed by atoms with Gasteiger partial charge in [0.25, 0.3) is 0 Å². The van der Waals surface area contributed by atoms with E-state index in [4.69, 9.17) is 0 Å². The van der Waals surface area contributed by atoms with E-state index in [2.05, 4.69) is 88.4 Å². The molecule has 1 atom stereocenters. The molecule has 0 aromatic heterocycles. The Hall–Kier alpha value is -0.336. The van der Waals surface area contributed by atoms with Crippen molar-refractivity contribution in [2.75, 3.05) is 0 Å². The Bertz CT molecular complexity index is 621. The van der Waals surface area contributed by atoms with Crippen LogP contribution < -0.4 is 24.8 Å². The second kappa shape index (κ2) is 13.8. The summed E-state index contributed by atoms with van der Waals surface area (Å²) >= 11 is 2.08. The molecular formula is C22H33Cl2OTi-2. The average Bonchev–Trinajstić information content (AvgIpc) is 2.65. The zero-order chi connectivity index (χ0) is 19.1. The normalized spacial score (nSPS) is 15.3. The minimum Gasteiger partial charge on any atom is -1.00 e. The standard InChI is InChI=1S/C10H14O.C9H13.C3H6.2ClH.Ti/c1-10(2,3)8-5-4-6-9(11)7-8;1-6-5-7(2)9(4)8(6)3;1-3-2;;;/h4-7,11H,1-3H3;6H,1-4H3;1-2H3;2*1H;/q;-1;;;;+1/p-2. The van der Waals surface area contributed by atoms with Gasteiger partial charge in [-0.3, -0.25) is 6.08 Å². The first-order valence-electron chi connectivity index (χ1n) is 8.45. The summed E-state index contributed by atoms with van der Waals surface area (Å²) in [6.07, 6.45) is 3.36. The molecule has 1 unspecified atom stereocenters. The number of aromatic hydroxyl groups is 1. The van der Waals surface area contributed by atoms with Crippen molar-refractivity contribution in [3.05, 3.63) is 52.6 Å². The molecule has 2 rings (SSSR count). The van der Waals surface area contributed by atoms with E-state index in [0.29, 0.717) is 11.7 Å². The van der Waals surface area contributed by atoms with Gasteiger partial charge in [0.1, 0.15) is 5.75 Å². The van der Waals surface area contributed by atoms with E-state index >= 15 is 0 Å². The Morgan fingerprint density at radius 1 is 1.08 bits per heavy atom. The van der Waals surface area contributed by atoms with Crippen LogP contribution in [0.5, 0.6) is 5.75 Å². The van der Waals surface area contributed by atoms with Crippen LogP contribution in [0.2, 0.25) is 0 Å². The smallest absolute Gasteiger partial charge is 1.00 e. The molecule has 0 bridgehead atoms. The van der Waals surface area contributed by atoms with Crippen LogP contribution in [0.15, 0.2) is 41.0 Å². The van der Waals surface area contributed by atoms with Gasteiger partial charge in [-0.2, -0.15) is 11.1 Å².